The number of rotatable bonds is 4. The molecule has 1 aliphatic heterocycles. The Kier molecular flexibility index (Phi) is 3.97. The lowest BCUT2D eigenvalue weighted by Gasteiger charge is -2.19. The van der Waals surface area contributed by atoms with E-state index < -0.39 is 0 Å². The normalized spacial score (nSPS) is 21.5. The topological polar surface area (TPSA) is 47.3 Å². The van der Waals surface area contributed by atoms with Crippen molar-refractivity contribution in [2.75, 3.05) is 13.7 Å². The Balaban J connectivity index is 2.11. The van der Waals surface area contributed by atoms with E-state index in [9.17, 15) is 4.39 Å². The molecule has 2 rings (SSSR count). The summed E-state index contributed by atoms with van der Waals surface area (Å²) in [6.07, 6.45) is 3.16. The number of hydrogen-bond acceptors (Lipinski definition) is 3. The predicted molar refractivity (Wildman–Crippen MR) is 65.5 cm³/mol. The number of halogens is 1. The molecule has 4 heteroatoms. The fourth-order valence-corrected chi connectivity index (χ4v) is 2.39. The lowest BCUT2D eigenvalue weighted by Crippen LogP contribution is -2.27. The van der Waals surface area contributed by atoms with Crippen molar-refractivity contribution in [1.82, 2.24) is 5.32 Å². The summed E-state index contributed by atoms with van der Waals surface area (Å²) < 4.78 is 18.4. The maximum Gasteiger partial charge on any atom is 0.123 e. The molecule has 2 atom stereocenters. The quantitative estimate of drug-likeness (QED) is 0.843. The van der Waals surface area contributed by atoms with E-state index in [-0.39, 0.29) is 11.9 Å². The summed E-state index contributed by atoms with van der Waals surface area (Å²) in [7, 11) is 1.58. The van der Waals surface area contributed by atoms with Crippen LogP contribution in [0, 0.1) is 5.82 Å². The molecular weight excluding hydrogens is 219 g/mol. The summed E-state index contributed by atoms with van der Waals surface area (Å²) in [5.74, 6) is 0.396. The smallest absolute Gasteiger partial charge is 0.123 e. The van der Waals surface area contributed by atoms with Crippen molar-refractivity contribution < 1.29 is 9.13 Å². The zero-order chi connectivity index (χ0) is 12.3. The van der Waals surface area contributed by atoms with Gasteiger partial charge in [0.25, 0.3) is 0 Å². The fraction of sp³-hybridized carbons (Fsp3) is 0.538. The van der Waals surface area contributed by atoms with Gasteiger partial charge in [0.05, 0.1) is 7.11 Å². The first-order chi connectivity index (χ1) is 8.20. The maximum atomic E-state index is 13.2. The van der Waals surface area contributed by atoms with E-state index in [0.29, 0.717) is 11.8 Å². The van der Waals surface area contributed by atoms with Crippen LogP contribution >= 0.6 is 0 Å². The van der Waals surface area contributed by atoms with Crippen LogP contribution < -0.4 is 15.8 Å². The lowest BCUT2D eigenvalue weighted by molar-refractivity contribution is 0.398. The average molecular weight is 238 g/mol. The molecule has 94 valence electrons. The molecule has 0 spiro atoms. The van der Waals surface area contributed by atoms with E-state index in [1.165, 1.54) is 18.6 Å². The molecule has 3 nitrogen and oxygen atoms in total. The molecular formula is C13H19FN2O. The minimum absolute atomic E-state index is 0.184. The molecule has 0 radical (unpaired) electrons. The Morgan fingerprint density at radius 3 is 3.06 bits per heavy atom. The van der Waals surface area contributed by atoms with Crippen LogP contribution in [0.5, 0.6) is 5.75 Å². The average Bonchev–Trinajstić information content (AvgIpc) is 2.81. The number of methoxy groups -OCH3 is 1. The third kappa shape index (κ3) is 2.96. The van der Waals surface area contributed by atoms with Crippen LogP contribution in [-0.2, 0) is 0 Å². The number of hydrogen-bond donors (Lipinski definition) is 2. The molecule has 1 heterocycles. The van der Waals surface area contributed by atoms with E-state index in [1.807, 2.05) is 0 Å². The van der Waals surface area contributed by atoms with Gasteiger partial charge in [0.15, 0.2) is 0 Å². The monoisotopic (exact) mass is 238 g/mol. The standard InChI is InChI=1S/C13H19FN2O/c1-17-13-5-4-9(14)7-11(13)12(15)8-10-3-2-6-16-10/h4-5,7,10,12,16H,2-3,6,8,15H2,1H3. The highest BCUT2D eigenvalue weighted by Gasteiger charge is 2.20. The first-order valence-electron chi connectivity index (χ1n) is 6.03. The Labute approximate surface area is 101 Å². The highest BCUT2D eigenvalue weighted by Crippen LogP contribution is 2.28. The third-order valence-electron chi connectivity index (χ3n) is 3.29. The number of benzene rings is 1. The van der Waals surface area contributed by atoms with E-state index in [2.05, 4.69) is 5.32 Å². The minimum Gasteiger partial charge on any atom is -0.496 e. The summed E-state index contributed by atoms with van der Waals surface area (Å²) in [6, 6.07) is 4.75. The van der Waals surface area contributed by atoms with Crippen molar-refractivity contribution in [3.05, 3.63) is 29.6 Å². The van der Waals surface area contributed by atoms with Crippen molar-refractivity contribution in [2.45, 2.75) is 31.3 Å². The molecule has 1 fully saturated rings. The van der Waals surface area contributed by atoms with Gasteiger partial charge in [-0.3, -0.25) is 0 Å². The van der Waals surface area contributed by atoms with E-state index in [4.69, 9.17) is 10.5 Å². The maximum absolute atomic E-state index is 13.2. The van der Waals surface area contributed by atoms with Crippen molar-refractivity contribution in [1.29, 1.82) is 0 Å². The van der Waals surface area contributed by atoms with Crippen LogP contribution in [0.1, 0.15) is 30.9 Å². The molecule has 1 aliphatic rings. The van der Waals surface area contributed by atoms with Gasteiger partial charge in [0.1, 0.15) is 11.6 Å². The summed E-state index contributed by atoms with van der Waals surface area (Å²) in [5, 5.41) is 3.39. The number of nitrogens with two attached hydrogens (primary N) is 1. The second kappa shape index (κ2) is 5.47. The van der Waals surface area contributed by atoms with E-state index in [1.54, 1.807) is 13.2 Å². The molecule has 0 bridgehead atoms. The molecule has 0 aliphatic carbocycles. The van der Waals surface area contributed by atoms with Gasteiger partial charge in [-0.05, 0) is 44.0 Å². The van der Waals surface area contributed by atoms with Crippen molar-refractivity contribution in [3.8, 4) is 5.75 Å². The van der Waals surface area contributed by atoms with Crippen LogP contribution in [0.3, 0.4) is 0 Å². The molecule has 2 unspecified atom stereocenters. The van der Waals surface area contributed by atoms with Crippen LogP contribution in [0.15, 0.2) is 18.2 Å². The predicted octanol–water partition coefficient (Wildman–Crippen LogP) is 1.98. The highest BCUT2D eigenvalue weighted by atomic mass is 19.1. The molecule has 1 aromatic rings. The fourth-order valence-electron chi connectivity index (χ4n) is 2.39. The summed E-state index contributed by atoms with van der Waals surface area (Å²) >= 11 is 0. The number of nitrogens with one attached hydrogen (secondary N) is 1. The second-order valence-corrected chi connectivity index (χ2v) is 4.52. The molecule has 0 saturated carbocycles. The van der Waals surface area contributed by atoms with Gasteiger partial charge in [0, 0.05) is 17.6 Å². The van der Waals surface area contributed by atoms with E-state index >= 15 is 0 Å². The van der Waals surface area contributed by atoms with E-state index in [0.717, 1.165) is 24.9 Å². The first-order valence-corrected chi connectivity index (χ1v) is 6.03. The second-order valence-electron chi connectivity index (χ2n) is 4.52. The third-order valence-corrected chi connectivity index (χ3v) is 3.29. The van der Waals surface area contributed by atoms with Gasteiger partial charge < -0.3 is 15.8 Å². The number of ether oxygens (including phenoxy) is 1. The van der Waals surface area contributed by atoms with Crippen molar-refractivity contribution in [2.24, 2.45) is 5.73 Å². The molecule has 17 heavy (non-hydrogen) atoms. The Morgan fingerprint density at radius 2 is 2.41 bits per heavy atom. The molecule has 0 aromatic heterocycles. The highest BCUT2D eigenvalue weighted by molar-refractivity contribution is 5.36. The van der Waals surface area contributed by atoms with Gasteiger partial charge in [-0.2, -0.15) is 0 Å². The zero-order valence-corrected chi connectivity index (χ0v) is 10.1. The summed E-state index contributed by atoms with van der Waals surface area (Å²) in [4.78, 5) is 0. The molecule has 3 N–H and O–H groups in total. The van der Waals surface area contributed by atoms with Crippen LogP contribution in [0.2, 0.25) is 0 Å². The zero-order valence-electron chi connectivity index (χ0n) is 10.1. The van der Waals surface area contributed by atoms with Gasteiger partial charge in [-0.25, -0.2) is 4.39 Å². The SMILES string of the molecule is COc1ccc(F)cc1C(N)CC1CCCN1. The molecule has 1 saturated heterocycles. The van der Waals surface area contributed by atoms with Gasteiger partial charge in [-0.15, -0.1) is 0 Å². The Hall–Kier alpha value is -1.13. The Morgan fingerprint density at radius 1 is 1.59 bits per heavy atom. The summed E-state index contributed by atoms with van der Waals surface area (Å²) in [5.41, 5.74) is 6.88. The van der Waals surface area contributed by atoms with Crippen molar-refractivity contribution >= 4 is 0 Å². The molecule has 1 aromatic carbocycles. The lowest BCUT2D eigenvalue weighted by atomic mass is 9.98. The van der Waals surface area contributed by atoms with Crippen LogP contribution in [0.25, 0.3) is 0 Å². The van der Waals surface area contributed by atoms with Gasteiger partial charge >= 0.3 is 0 Å². The largest absolute Gasteiger partial charge is 0.496 e. The van der Waals surface area contributed by atoms with Gasteiger partial charge in [0.2, 0.25) is 0 Å². The van der Waals surface area contributed by atoms with Crippen molar-refractivity contribution in [3.63, 3.8) is 0 Å². The van der Waals surface area contributed by atoms with Crippen LogP contribution in [0.4, 0.5) is 4.39 Å². The summed E-state index contributed by atoms with van der Waals surface area (Å²) in [6.45, 7) is 1.05. The molecule has 0 amide bonds. The van der Waals surface area contributed by atoms with Gasteiger partial charge in [-0.1, -0.05) is 0 Å². The minimum atomic E-state index is -0.268. The first kappa shape index (κ1) is 12.3. The Bertz CT molecular complexity index is 378. The van der Waals surface area contributed by atoms with Crippen LogP contribution in [-0.4, -0.2) is 19.7 Å².